The zero-order valence-electron chi connectivity index (χ0n) is 15.9. The number of aromatic nitrogens is 3. The van der Waals surface area contributed by atoms with Gasteiger partial charge in [0.2, 0.25) is 5.91 Å². The first-order chi connectivity index (χ1) is 13.1. The summed E-state index contributed by atoms with van der Waals surface area (Å²) in [5, 5.41) is 3.17. The summed E-state index contributed by atoms with van der Waals surface area (Å²) in [6, 6.07) is 4.07. The molecule has 0 bridgehead atoms. The molecule has 0 radical (unpaired) electrons. The van der Waals surface area contributed by atoms with Gasteiger partial charge in [-0.2, -0.15) is 0 Å². The fourth-order valence-corrected chi connectivity index (χ4v) is 3.18. The quantitative estimate of drug-likeness (QED) is 0.792. The molecule has 1 atom stereocenters. The van der Waals surface area contributed by atoms with Crippen molar-refractivity contribution in [1.82, 2.24) is 24.8 Å². The molecule has 7 nitrogen and oxygen atoms in total. The van der Waals surface area contributed by atoms with Crippen LogP contribution in [-0.2, 0) is 4.79 Å². The van der Waals surface area contributed by atoms with E-state index in [0.29, 0.717) is 11.7 Å². The van der Waals surface area contributed by atoms with Crippen LogP contribution in [0.25, 0.3) is 0 Å². The Morgan fingerprint density at radius 2 is 2.15 bits per heavy atom. The number of anilines is 2. The van der Waals surface area contributed by atoms with Crippen molar-refractivity contribution in [3.63, 3.8) is 0 Å². The van der Waals surface area contributed by atoms with Gasteiger partial charge in [-0.3, -0.25) is 9.78 Å². The van der Waals surface area contributed by atoms with E-state index < -0.39 is 0 Å². The minimum absolute atomic E-state index is 0.0912. The van der Waals surface area contributed by atoms with E-state index in [2.05, 4.69) is 20.3 Å². The normalized spacial score (nSPS) is 17.4. The Bertz CT molecular complexity index is 777. The van der Waals surface area contributed by atoms with Gasteiger partial charge in [0, 0.05) is 50.2 Å². The molecule has 1 aliphatic heterocycles. The van der Waals surface area contributed by atoms with Crippen molar-refractivity contribution in [2.45, 2.75) is 18.8 Å². The number of likely N-dealkylation sites (N-methyl/N-ethyl adjacent to an activating group) is 1. The van der Waals surface area contributed by atoms with Crippen LogP contribution in [0.2, 0.25) is 0 Å². The third-order valence-corrected chi connectivity index (χ3v) is 4.54. The van der Waals surface area contributed by atoms with Crippen molar-refractivity contribution in [1.29, 1.82) is 0 Å². The van der Waals surface area contributed by atoms with Gasteiger partial charge < -0.3 is 15.1 Å². The fourth-order valence-electron chi connectivity index (χ4n) is 3.18. The lowest BCUT2D eigenvalue weighted by atomic mass is 9.91. The third-order valence-electron chi connectivity index (χ3n) is 4.54. The summed E-state index contributed by atoms with van der Waals surface area (Å²) in [6.45, 7) is 2.32. The molecule has 3 heterocycles. The predicted molar refractivity (Wildman–Crippen MR) is 106 cm³/mol. The van der Waals surface area contributed by atoms with E-state index in [0.717, 1.165) is 38.3 Å². The zero-order valence-corrected chi connectivity index (χ0v) is 15.9. The first-order valence-electron chi connectivity index (χ1n) is 9.21. The second kappa shape index (κ2) is 9.23. The monoisotopic (exact) mass is 366 g/mol. The highest BCUT2D eigenvalue weighted by Crippen LogP contribution is 2.28. The van der Waals surface area contributed by atoms with Gasteiger partial charge in [0.05, 0.1) is 6.20 Å². The highest BCUT2D eigenvalue weighted by molar-refractivity contribution is 5.87. The van der Waals surface area contributed by atoms with Crippen LogP contribution < -0.4 is 5.32 Å². The number of pyridine rings is 1. The zero-order chi connectivity index (χ0) is 19.1. The average Bonchev–Trinajstić information content (AvgIpc) is 2.69. The van der Waals surface area contributed by atoms with Gasteiger partial charge in [-0.05, 0) is 44.6 Å². The standard InChI is InChI=1S/C20H26N6O/c1-25(2)11-4-6-20(27)26-12-3-5-17(15-26)16-7-8-22-18(13-16)24-19-14-21-9-10-23-19/h4,6-10,13-14,17H,3,5,11-12,15H2,1-2H3,(H,22,23,24)/b6-4+/t17-/m1/s1. The molecule has 3 rings (SSSR count). The van der Waals surface area contributed by atoms with Gasteiger partial charge >= 0.3 is 0 Å². The van der Waals surface area contributed by atoms with Gasteiger partial charge in [0.1, 0.15) is 11.6 Å². The minimum Gasteiger partial charge on any atom is -0.339 e. The van der Waals surface area contributed by atoms with Crippen LogP contribution in [0.15, 0.2) is 49.1 Å². The summed E-state index contributed by atoms with van der Waals surface area (Å²) in [7, 11) is 3.98. The second-order valence-corrected chi connectivity index (χ2v) is 6.98. The number of carbonyl (C=O) groups is 1. The number of likely N-dealkylation sites (tertiary alicyclic amines) is 1. The smallest absolute Gasteiger partial charge is 0.246 e. The summed E-state index contributed by atoms with van der Waals surface area (Å²) in [5.74, 6) is 1.81. The lowest BCUT2D eigenvalue weighted by molar-refractivity contribution is -0.127. The van der Waals surface area contributed by atoms with Crippen LogP contribution in [0, 0.1) is 0 Å². The Morgan fingerprint density at radius 1 is 1.30 bits per heavy atom. The van der Waals surface area contributed by atoms with E-state index in [4.69, 9.17) is 0 Å². The van der Waals surface area contributed by atoms with Crippen LogP contribution >= 0.6 is 0 Å². The molecule has 1 aliphatic rings. The van der Waals surface area contributed by atoms with Gasteiger partial charge in [-0.15, -0.1) is 0 Å². The molecular formula is C20H26N6O. The first kappa shape index (κ1) is 19.0. The Hall–Kier alpha value is -2.80. The third kappa shape index (κ3) is 5.59. The molecule has 0 spiro atoms. The van der Waals surface area contributed by atoms with Crippen molar-refractivity contribution in [3.05, 3.63) is 54.6 Å². The Labute approximate surface area is 160 Å². The number of carbonyl (C=O) groups excluding carboxylic acids is 1. The van der Waals surface area contributed by atoms with E-state index in [-0.39, 0.29) is 5.91 Å². The molecule has 2 aromatic rings. The number of hydrogen-bond acceptors (Lipinski definition) is 6. The van der Waals surface area contributed by atoms with E-state index in [1.807, 2.05) is 42.1 Å². The van der Waals surface area contributed by atoms with E-state index in [1.54, 1.807) is 30.9 Å². The van der Waals surface area contributed by atoms with E-state index in [9.17, 15) is 4.79 Å². The molecule has 0 unspecified atom stereocenters. The molecule has 1 fully saturated rings. The van der Waals surface area contributed by atoms with Crippen LogP contribution in [0.5, 0.6) is 0 Å². The van der Waals surface area contributed by atoms with Crippen molar-refractivity contribution >= 4 is 17.5 Å². The Kier molecular flexibility index (Phi) is 6.49. The predicted octanol–water partition coefficient (Wildman–Crippen LogP) is 2.44. The molecule has 1 amide bonds. The molecule has 0 aliphatic carbocycles. The molecule has 142 valence electrons. The van der Waals surface area contributed by atoms with Crippen LogP contribution in [-0.4, -0.2) is 64.4 Å². The SMILES string of the molecule is CN(C)C/C=C/C(=O)N1CCC[C@@H](c2ccnc(Nc3cnccn3)c2)C1. The number of amides is 1. The van der Waals surface area contributed by atoms with E-state index in [1.165, 1.54) is 5.56 Å². The molecule has 2 aromatic heterocycles. The summed E-state index contributed by atoms with van der Waals surface area (Å²) < 4.78 is 0. The number of piperidine rings is 1. The summed E-state index contributed by atoms with van der Waals surface area (Å²) in [4.78, 5) is 29.1. The Balaban J connectivity index is 1.64. The van der Waals surface area contributed by atoms with Gasteiger partial charge in [0.15, 0.2) is 0 Å². The van der Waals surface area contributed by atoms with Gasteiger partial charge in [-0.1, -0.05) is 6.08 Å². The molecule has 1 N–H and O–H groups in total. The van der Waals surface area contributed by atoms with E-state index >= 15 is 0 Å². The van der Waals surface area contributed by atoms with Crippen molar-refractivity contribution in [2.75, 3.05) is 39.0 Å². The van der Waals surface area contributed by atoms with Crippen molar-refractivity contribution in [2.24, 2.45) is 0 Å². The van der Waals surface area contributed by atoms with Crippen molar-refractivity contribution in [3.8, 4) is 0 Å². The van der Waals surface area contributed by atoms with Gasteiger partial charge in [-0.25, -0.2) is 9.97 Å². The topological polar surface area (TPSA) is 74.2 Å². The van der Waals surface area contributed by atoms with Crippen LogP contribution in [0.4, 0.5) is 11.6 Å². The highest BCUT2D eigenvalue weighted by atomic mass is 16.2. The maximum Gasteiger partial charge on any atom is 0.246 e. The average molecular weight is 366 g/mol. The number of nitrogens with one attached hydrogen (secondary N) is 1. The number of hydrogen-bond donors (Lipinski definition) is 1. The first-order valence-corrected chi connectivity index (χ1v) is 9.21. The second-order valence-electron chi connectivity index (χ2n) is 6.98. The molecule has 1 saturated heterocycles. The maximum absolute atomic E-state index is 12.4. The molecule has 0 aromatic carbocycles. The summed E-state index contributed by atoms with van der Waals surface area (Å²) in [6.07, 6.45) is 12.4. The van der Waals surface area contributed by atoms with Crippen molar-refractivity contribution < 1.29 is 4.79 Å². The molecule has 27 heavy (non-hydrogen) atoms. The van der Waals surface area contributed by atoms with Crippen LogP contribution in [0.3, 0.4) is 0 Å². The number of nitrogens with zero attached hydrogens (tertiary/aromatic N) is 5. The fraction of sp³-hybridized carbons (Fsp3) is 0.400. The largest absolute Gasteiger partial charge is 0.339 e. The summed E-state index contributed by atoms with van der Waals surface area (Å²) in [5.41, 5.74) is 1.19. The summed E-state index contributed by atoms with van der Waals surface area (Å²) >= 11 is 0. The molecule has 7 heteroatoms. The molecular weight excluding hydrogens is 340 g/mol. The lowest BCUT2D eigenvalue weighted by Gasteiger charge is -2.32. The molecule has 0 saturated carbocycles. The lowest BCUT2D eigenvalue weighted by Crippen LogP contribution is -2.38. The maximum atomic E-state index is 12.4. The number of rotatable bonds is 6. The highest BCUT2D eigenvalue weighted by Gasteiger charge is 2.24. The van der Waals surface area contributed by atoms with Crippen LogP contribution in [0.1, 0.15) is 24.3 Å². The Morgan fingerprint density at radius 3 is 2.93 bits per heavy atom. The van der Waals surface area contributed by atoms with Gasteiger partial charge in [0.25, 0.3) is 0 Å². The minimum atomic E-state index is 0.0912.